The Kier molecular flexibility index (Phi) is 6.05. The third kappa shape index (κ3) is 4.24. The number of hydrogen-bond donors (Lipinski definition) is 0. The molecule has 0 radical (unpaired) electrons. The maximum absolute atomic E-state index is 12.9. The van der Waals surface area contributed by atoms with Crippen molar-refractivity contribution in [3.8, 4) is 17.2 Å². The average molecular weight is 488 g/mol. The van der Waals surface area contributed by atoms with E-state index in [1.807, 2.05) is 48.7 Å². The Hall–Kier alpha value is -4.40. The Balaban J connectivity index is 1.24. The molecule has 2 aromatic carbocycles. The molecule has 0 amide bonds. The van der Waals surface area contributed by atoms with Crippen molar-refractivity contribution in [3.63, 3.8) is 0 Å². The molecule has 1 aliphatic heterocycles. The molecule has 3 heterocycles. The van der Waals surface area contributed by atoms with E-state index in [9.17, 15) is 14.4 Å². The molecule has 0 bridgehead atoms. The SMILES string of the molecule is Cc1cc(C(=O)COC(=O)CCc2nc(=O)c3ccccc3n2C)c(C)n1-c1ccc2c(c1)OCO2. The Morgan fingerprint density at radius 2 is 1.83 bits per heavy atom. The first-order valence-corrected chi connectivity index (χ1v) is 11.6. The summed E-state index contributed by atoms with van der Waals surface area (Å²) in [6, 6.07) is 14.6. The van der Waals surface area contributed by atoms with Crippen LogP contribution in [0.25, 0.3) is 16.6 Å². The van der Waals surface area contributed by atoms with Crippen LogP contribution in [0.5, 0.6) is 11.5 Å². The van der Waals surface area contributed by atoms with Crippen molar-refractivity contribution >= 4 is 22.7 Å². The lowest BCUT2D eigenvalue weighted by molar-refractivity contribution is -0.142. The van der Waals surface area contributed by atoms with Gasteiger partial charge >= 0.3 is 5.97 Å². The van der Waals surface area contributed by atoms with E-state index in [1.165, 1.54) is 0 Å². The highest BCUT2D eigenvalue weighted by molar-refractivity contribution is 5.99. The number of aromatic nitrogens is 3. The molecule has 9 nitrogen and oxygen atoms in total. The van der Waals surface area contributed by atoms with Crippen molar-refractivity contribution in [1.82, 2.24) is 14.1 Å². The molecule has 4 aromatic rings. The van der Waals surface area contributed by atoms with Crippen molar-refractivity contribution in [1.29, 1.82) is 0 Å². The van der Waals surface area contributed by atoms with Gasteiger partial charge in [-0.2, -0.15) is 4.98 Å². The number of hydrogen-bond acceptors (Lipinski definition) is 7. The monoisotopic (exact) mass is 487 g/mol. The van der Waals surface area contributed by atoms with Crippen molar-refractivity contribution in [2.45, 2.75) is 26.7 Å². The van der Waals surface area contributed by atoms with Gasteiger partial charge in [-0.05, 0) is 44.2 Å². The first-order valence-electron chi connectivity index (χ1n) is 11.6. The fraction of sp³-hybridized carbons (Fsp3) is 0.259. The van der Waals surface area contributed by atoms with Gasteiger partial charge in [-0.25, -0.2) is 0 Å². The summed E-state index contributed by atoms with van der Waals surface area (Å²) in [6.45, 7) is 3.57. The molecule has 9 heteroatoms. The van der Waals surface area contributed by atoms with Crippen LogP contribution in [-0.2, 0) is 23.0 Å². The van der Waals surface area contributed by atoms with Crippen LogP contribution >= 0.6 is 0 Å². The first-order chi connectivity index (χ1) is 17.3. The van der Waals surface area contributed by atoms with Gasteiger partial charge in [0, 0.05) is 42.2 Å². The van der Waals surface area contributed by atoms with E-state index in [-0.39, 0.29) is 37.6 Å². The molecular weight excluding hydrogens is 462 g/mol. The number of rotatable bonds is 7. The number of nitrogens with zero attached hydrogens (tertiary/aromatic N) is 3. The Bertz CT molecular complexity index is 1570. The minimum absolute atomic E-state index is 0.00210. The highest BCUT2D eigenvalue weighted by Gasteiger charge is 2.20. The normalized spacial score (nSPS) is 12.2. The number of carbonyl (C=O) groups excluding carboxylic acids is 2. The Labute approximate surface area is 206 Å². The van der Waals surface area contributed by atoms with Gasteiger partial charge in [-0.1, -0.05) is 12.1 Å². The molecule has 0 N–H and O–H groups in total. The predicted octanol–water partition coefficient (Wildman–Crippen LogP) is 3.43. The van der Waals surface area contributed by atoms with E-state index in [2.05, 4.69) is 4.98 Å². The molecule has 0 fully saturated rings. The largest absolute Gasteiger partial charge is 0.457 e. The molecular formula is C27H25N3O6. The van der Waals surface area contributed by atoms with E-state index in [0.29, 0.717) is 28.3 Å². The van der Waals surface area contributed by atoms with Crippen molar-refractivity contribution in [3.05, 3.63) is 81.7 Å². The molecule has 184 valence electrons. The van der Waals surface area contributed by atoms with Gasteiger partial charge in [0.1, 0.15) is 5.82 Å². The molecule has 1 aliphatic rings. The van der Waals surface area contributed by atoms with Gasteiger partial charge in [-0.15, -0.1) is 0 Å². The second-order valence-electron chi connectivity index (χ2n) is 8.65. The van der Waals surface area contributed by atoms with E-state index in [0.717, 1.165) is 22.6 Å². The third-order valence-corrected chi connectivity index (χ3v) is 6.38. The van der Waals surface area contributed by atoms with E-state index in [4.69, 9.17) is 14.2 Å². The van der Waals surface area contributed by atoms with Crippen LogP contribution in [0.3, 0.4) is 0 Å². The third-order valence-electron chi connectivity index (χ3n) is 6.38. The molecule has 2 aromatic heterocycles. The van der Waals surface area contributed by atoms with Crippen molar-refractivity contribution < 1.29 is 23.8 Å². The van der Waals surface area contributed by atoms with Crippen LogP contribution in [-0.4, -0.2) is 39.3 Å². The predicted molar refractivity (Wildman–Crippen MR) is 132 cm³/mol. The molecule has 0 unspecified atom stereocenters. The molecule has 0 saturated heterocycles. The number of esters is 1. The molecule has 0 aliphatic carbocycles. The molecule has 0 saturated carbocycles. The summed E-state index contributed by atoms with van der Waals surface area (Å²) in [5.74, 6) is 0.993. The average Bonchev–Trinajstić information content (AvgIpc) is 3.46. The quantitative estimate of drug-likeness (QED) is 0.291. The lowest BCUT2D eigenvalue weighted by atomic mass is 10.1. The number of benzene rings is 2. The number of ether oxygens (including phenoxy) is 3. The lowest BCUT2D eigenvalue weighted by Gasteiger charge is -2.11. The van der Waals surface area contributed by atoms with Gasteiger partial charge in [-0.3, -0.25) is 14.4 Å². The summed E-state index contributed by atoms with van der Waals surface area (Å²) in [4.78, 5) is 41.6. The minimum Gasteiger partial charge on any atom is -0.457 e. The molecule has 0 atom stereocenters. The lowest BCUT2D eigenvalue weighted by Crippen LogP contribution is -2.19. The maximum Gasteiger partial charge on any atom is 0.306 e. The van der Waals surface area contributed by atoms with Gasteiger partial charge in [0.25, 0.3) is 5.56 Å². The highest BCUT2D eigenvalue weighted by Crippen LogP contribution is 2.35. The number of Topliss-reactive ketones (excluding diaryl/α,β-unsaturated/α-hetero) is 1. The first kappa shape index (κ1) is 23.3. The standard InChI is InChI=1S/C27H25N3O6/c1-16-12-20(17(2)30(16)18-8-9-23-24(13-18)36-15-35-23)22(31)14-34-26(32)11-10-25-28-27(33)19-6-4-5-7-21(19)29(25)3/h4-9,12-13H,10-11,14-15H2,1-3H3. The van der Waals surface area contributed by atoms with Crippen LogP contribution in [0.4, 0.5) is 0 Å². The van der Waals surface area contributed by atoms with Gasteiger partial charge in [0.15, 0.2) is 18.1 Å². The second kappa shape index (κ2) is 9.33. The summed E-state index contributed by atoms with van der Waals surface area (Å²) < 4.78 is 19.8. The minimum atomic E-state index is -0.532. The summed E-state index contributed by atoms with van der Waals surface area (Å²) in [5, 5.41) is 0.523. The summed E-state index contributed by atoms with van der Waals surface area (Å²) in [7, 11) is 1.80. The van der Waals surface area contributed by atoms with Gasteiger partial charge in [0.2, 0.25) is 12.6 Å². The van der Waals surface area contributed by atoms with Crippen LogP contribution in [0.15, 0.2) is 53.3 Å². The fourth-order valence-electron chi connectivity index (χ4n) is 4.54. The number of fused-ring (bicyclic) bond motifs is 2. The number of ketones is 1. The fourth-order valence-corrected chi connectivity index (χ4v) is 4.54. The van der Waals surface area contributed by atoms with E-state index < -0.39 is 5.97 Å². The van der Waals surface area contributed by atoms with Crippen LogP contribution in [0.1, 0.15) is 34.0 Å². The van der Waals surface area contributed by atoms with Crippen molar-refractivity contribution in [2.75, 3.05) is 13.4 Å². The summed E-state index contributed by atoms with van der Waals surface area (Å²) >= 11 is 0. The zero-order valence-corrected chi connectivity index (χ0v) is 20.2. The van der Waals surface area contributed by atoms with Crippen LogP contribution < -0.4 is 15.0 Å². The number of carbonyl (C=O) groups is 2. The smallest absolute Gasteiger partial charge is 0.306 e. The Morgan fingerprint density at radius 1 is 1.06 bits per heavy atom. The number of aryl methyl sites for hydroxylation is 3. The van der Waals surface area contributed by atoms with Crippen LogP contribution in [0.2, 0.25) is 0 Å². The van der Waals surface area contributed by atoms with E-state index in [1.54, 1.807) is 29.8 Å². The Morgan fingerprint density at radius 3 is 2.67 bits per heavy atom. The summed E-state index contributed by atoms with van der Waals surface area (Å²) in [6.07, 6.45) is 0.227. The van der Waals surface area contributed by atoms with Crippen molar-refractivity contribution in [2.24, 2.45) is 7.05 Å². The molecule has 5 rings (SSSR count). The van der Waals surface area contributed by atoms with Crippen LogP contribution in [0, 0.1) is 13.8 Å². The zero-order valence-electron chi connectivity index (χ0n) is 20.2. The molecule has 0 spiro atoms. The summed E-state index contributed by atoms with van der Waals surface area (Å²) in [5.41, 5.74) is 3.34. The molecule has 36 heavy (non-hydrogen) atoms. The van der Waals surface area contributed by atoms with Gasteiger partial charge in [0.05, 0.1) is 17.3 Å². The number of para-hydroxylation sites is 1. The van der Waals surface area contributed by atoms with Gasteiger partial charge < -0.3 is 23.3 Å². The second-order valence-corrected chi connectivity index (χ2v) is 8.65. The van der Waals surface area contributed by atoms with E-state index >= 15 is 0 Å². The zero-order chi connectivity index (χ0) is 25.4. The topological polar surface area (TPSA) is 102 Å². The highest BCUT2D eigenvalue weighted by atomic mass is 16.7. The maximum atomic E-state index is 12.9.